The summed E-state index contributed by atoms with van der Waals surface area (Å²) < 4.78 is 29.7. The van der Waals surface area contributed by atoms with Gasteiger partial charge in [0.1, 0.15) is 0 Å². The Balaban J connectivity index is 2.31. The molecule has 6 nitrogen and oxygen atoms in total. The average molecular weight is 330 g/mol. The first kappa shape index (κ1) is 16.3. The van der Waals surface area contributed by atoms with E-state index in [4.69, 9.17) is 0 Å². The predicted octanol–water partition coefficient (Wildman–Crippen LogP) is 2.54. The van der Waals surface area contributed by atoms with Gasteiger partial charge in [0.15, 0.2) is 15.8 Å². The van der Waals surface area contributed by atoms with Crippen molar-refractivity contribution < 1.29 is 8.42 Å². The molecule has 2 rings (SSSR count). The van der Waals surface area contributed by atoms with Gasteiger partial charge in [0, 0.05) is 24.7 Å². The first-order valence-electron chi connectivity index (χ1n) is 7.04. The highest BCUT2D eigenvalue weighted by Crippen LogP contribution is 2.25. The summed E-state index contributed by atoms with van der Waals surface area (Å²) in [6.07, 6.45) is 3.58. The Labute approximate surface area is 129 Å². The van der Waals surface area contributed by atoms with Gasteiger partial charge < -0.3 is 5.32 Å². The number of nitrogens with zero attached hydrogens (tertiary/aromatic N) is 2. The smallest absolute Gasteiger partial charge is 0.260 e. The van der Waals surface area contributed by atoms with Crippen LogP contribution < -0.4 is 10.0 Å². The molecule has 0 saturated heterocycles. The highest BCUT2D eigenvalue weighted by atomic mass is 32.2. The largest absolute Gasteiger partial charge is 0.371 e. The molecule has 2 aromatic rings. The molecule has 0 amide bonds. The fourth-order valence-electron chi connectivity index (χ4n) is 2.32. The van der Waals surface area contributed by atoms with Crippen LogP contribution in [0.15, 0.2) is 16.6 Å². The summed E-state index contributed by atoms with van der Waals surface area (Å²) >= 11 is 1.41. The Morgan fingerprint density at radius 1 is 1.43 bits per heavy atom. The fraction of sp³-hybridized carbons (Fsp3) is 0.615. The second-order valence-electron chi connectivity index (χ2n) is 5.34. The standard InChI is InChI=1S/C13H22N4O2S2/c1-5-9(2)8-10(3)16-21(18,19)12-11(14-4)15-13-17(12)6-7-20-13/h6-7,9-10,14,16H,5,8H2,1-4H3. The summed E-state index contributed by atoms with van der Waals surface area (Å²) in [5.74, 6) is 0.864. The van der Waals surface area contributed by atoms with Crippen LogP contribution in [0.1, 0.15) is 33.6 Å². The molecule has 21 heavy (non-hydrogen) atoms. The lowest BCUT2D eigenvalue weighted by molar-refractivity contribution is 0.445. The van der Waals surface area contributed by atoms with Gasteiger partial charge in [-0.15, -0.1) is 11.3 Å². The molecule has 0 aliphatic heterocycles. The van der Waals surface area contributed by atoms with Crippen LogP contribution in [0.2, 0.25) is 0 Å². The van der Waals surface area contributed by atoms with Gasteiger partial charge in [-0.1, -0.05) is 20.3 Å². The zero-order valence-electron chi connectivity index (χ0n) is 12.8. The van der Waals surface area contributed by atoms with Gasteiger partial charge in [0.25, 0.3) is 10.0 Å². The molecular formula is C13H22N4O2S2. The molecule has 0 aromatic carbocycles. The monoisotopic (exact) mass is 330 g/mol. The van der Waals surface area contributed by atoms with Crippen molar-refractivity contribution in [3.63, 3.8) is 0 Å². The van der Waals surface area contributed by atoms with Crippen molar-refractivity contribution in [1.29, 1.82) is 0 Å². The van der Waals surface area contributed by atoms with E-state index in [2.05, 4.69) is 28.9 Å². The van der Waals surface area contributed by atoms with Crippen molar-refractivity contribution in [1.82, 2.24) is 14.1 Å². The second kappa shape index (κ2) is 6.33. The summed E-state index contributed by atoms with van der Waals surface area (Å²) in [6.45, 7) is 6.13. The lowest BCUT2D eigenvalue weighted by atomic mass is 10.0. The van der Waals surface area contributed by atoms with Crippen LogP contribution in [0.5, 0.6) is 0 Å². The zero-order chi connectivity index (χ0) is 15.6. The normalized spacial score (nSPS) is 15.2. The van der Waals surface area contributed by atoms with Gasteiger partial charge in [0.05, 0.1) is 0 Å². The number of aromatic nitrogens is 2. The van der Waals surface area contributed by atoms with E-state index in [1.807, 2.05) is 12.3 Å². The molecule has 0 fully saturated rings. The number of thiazole rings is 1. The van der Waals surface area contributed by atoms with Crippen molar-refractivity contribution in [2.75, 3.05) is 12.4 Å². The van der Waals surface area contributed by atoms with Gasteiger partial charge in [-0.3, -0.25) is 4.40 Å². The van der Waals surface area contributed by atoms with E-state index < -0.39 is 10.0 Å². The van der Waals surface area contributed by atoms with Crippen molar-refractivity contribution >= 4 is 32.1 Å². The number of fused-ring (bicyclic) bond motifs is 1. The molecule has 0 bridgehead atoms. The molecule has 0 aliphatic rings. The molecule has 118 valence electrons. The minimum atomic E-state index is -3.61. The van der Waals surface area contributed by atoms with E-state index in [1.54, 1.807) is 17.6 Å². The molecule has 8 heteroatoms. The molecule has 0 saturated carbocycles. The van der Waals surface area contributed by atoms with Gasteiger partial charge in [-0.05, 0) is 19.3 Å². The van der Waals surface area contributed by atoms with Crippen LogP contribution in [0.3, 0.4) is 0 Å². The topological polar surface area (TPSA) is 75.5 Å². The predicted molar refractivity (Wildman–Crippen MR) is 86.5 cm³/mol. The molecule has 2 N–H and O–H groups in total. The van der Waals surface area contributed by atoms with Gasteiger partial charge in [-0.2, -0.15) is 0 Å². The molecule has 2 heterocycles. The Hall–Kier alpha value is -1.12. The minimum Gasteiger partial charge on any atom is -0.371 e. The number of sulfonamides is 1. The molecule has 2 aromatic heterocycles. The average Bonchev–Trinajstić information content (AvgIpc) is 2.96. The Bertz CT molecular complexity index is 705. The lowest BCUT2D eigenvalue weighted by Gasteiger charge is -2.17. The quantitative estimate of drug-likeness (QED) is 0.818. The minimum absolute atomic E-state index is 0.112. The summed E-state index contributed by atoms with van der Waals surface area (Å²) in [7, 11) is -1.94. The number of hydrogen-bond donors (Lipinski definition) is 2. The van der Waals surface area contributed by atoms with Crippen LogP contribution in [0, 0.1) is 5.92 Å². The number of nitrogens with one attached hydrogen (secondary N) is 2. The molecule has 0 spiro atoms. The van der Waals surface area contributed by atoms with E-state index in [9.17, 15) is 8.42 Å². The summed E-state index contributed by atoms with van der Waals surface area (Å²) in [6, 6.07) is -0.112. The number of hydrogen-bond acceptors (Lipinski definition) is 5. The number of rotatable bonds is 7. The lowest BCUT2D eigenvalue weighted by Crippen LogP contribution is -2.34. The van der Waals surface area contributed by atoms with Crippen LogP contribution in [-0.4, -0.2) is 30.9 Å². The second-order valence-corrected chi connectivity index (χ2v) is 7.84. The Kier molecular flexibility index (Phi) is 4.90. The van der Waals surface area contributed by atoms with Gasteiger partial charge >= 0.3 is 0 Å². The SMILES string of the molecule is CCC(C)CC(C)NS(=O)(=O)c1c(NC)nc2sccn12. The summed E-state index contributed by atoms with van der Waals surface area (Å²) in [5, 5.41) is 4.86. The van der Waals surface area contributed by atoms with E-state index in [-0.39, 0.29) is 11.1 Å². The third-order valence-corrected chi connectivity index (χ3v) is 5.89. The van der Waals surface area contributed by atoms with Crippen LogP contribution in [-0.2, 0) is 10.0 Å². The van der Waals surface area contributed by atoms with Crippen molar-refractivity contribution in [2.45, 2.75) is 44.7 Å². The van der Waals surface area contributed by atoms with Crippen molar-refractivity contribution in [2.24, 2.45) is 5.92 Å². The maximum Gasteiger partial charge on any atom is 0.260 e. The molecular weight excluding hydrogens is 308 g/mol. The number of anilines is 1. The third-order valence-electron chi connectivity index (χ3n) is 3.52. The van der Waals surface area contributed by atoms with Crippen molar-refractivity contribution in [3.8, 4) is 0 Å². The first-order chi connectivity index (χ1) is 9.89. The van der Waals surface area contributed by atoms with Gasteiger partial charge in [0.2, 0.25) is 0 Å². The molecule has 0 aliphatic carbocycles. The maximum absolute atomic E-state index is 12.7. The van der Waals surface area contributed by atoms with E-state index in [1.165, 1.54) is 11.3 Å². The third kappa shape index (κ3) is 3.38. The Morgan fingerprint density at radius 2 is 2.14 bits per heavy atom. The summed E-state index contributed by atoms with van der Waals surface area (Å²) in [4.78, 5) is 4.95. The van der Waals surface area contributed by atoms with E-state index in [0.717, 1.165) is 12.8 Å². The maximum atomic E-state index is 12.7. The highest BCUT2D eigenvalue weighted by molar-refractivity contribution is 7.89. The van der Waals surface area contributed by atoms with Gasteiger partial charge in [-0.25, -0.2) is 18.1 Å². The number of imidazole rings is 1. The Morgan fingerprint density at radius 3 is 2.76 bits per heavy atom. The van der Waals surface area contributed by atoms with Crippen LogP contribution in [0.4, 0.5) is 5.82 Å². The van der Waals surface area contributed by atoms with Crippen LogP contribution >= 0.6 is 11.3 Å². The van der Waals surface area contributed by atoms with E-state index >= 15 is 0 Å². The molecule has 0 radical (unpaired) electrons. The van der Waals surface area contributed by atoms with Crippen LogP contribution in [0.25, 0.3) is 4.96 Å². The molecule has 2 atom stereocenters. The van der Waals surface area contributed by atoms with Crippen molar-refractivity contribution in [3.05, 3.63) is 11.6 Å². The zero-order valence-corrected chi connectivity index (χ0v) is 14.4. The molecule has 2 unspecified atom stereocenters. The summed E-state index contributed by atoms with van der Waals surface area (Å²) in [5.41, 5.74) is 0. The first-order valence-corrected chi connectivity index (χ1v) is 9.41. The highest BCUT2D eigenvalue weighted by Gasteiger charge is 2.27. The van der Waals surface area contributed by atoms with E-state index in [0.29, 0.717) is 16.7 Å². The fourth-order valence-corrected chi connectivity index (χ4v) is 4.64.